The minimum absolute atomic E-state index is 0.0736. The van der Waals surface area contributed by atoms with Gasteiger partial charge in [0.15, 0.2) is 5.78 Å². The van der Waals surface area contributed by atoms with Gasteiger partial charge in [-0.3, -0.25) is 14.3 Å². The van der Waals surface area contributed by atoms with Crippen molar-refractivity contribution in [1.82, 2.24) is 14.1 Å². The van der Waals surface area contributed by atoms with Crippen LogP contribution in [0, 0.1) is 13.8 Å². The van der Waals surface area contributed by atoms with E-state index in [1.807, 2.05) is 0 Å². The first-order valence-corrected chi connectivity index (χ1v) is 11.1. The predicted molar refractivity (Wildman–Crippen MR) is 109 cm³/mol. The van der Waals surface area contributed by atoms with Crippen LogP contribution in [-0.4, -0.2) is 47.3 Å². The second-order valence-electron chi connectivity index (χ2n) is 7.27. The van der Waals surface area contributed by atoms with Gasteiger partial charge in [0, 0.05) is 30.8 Å². The van der Waals surface area contributed by atoms with E-state index >= 15 is 0 Å². The lowest BCUT2D eigenvalue weighted by Gasteiger charge is -2.15. The molecule has 2 heterocycles. The van der Waals surface area contributed by atoms with Crippen LogP contribution in [0.5, 0.6) is 0 Å². The van der Waals surface area contributed by atoms with E-state index in [1.54, 1.807) is 42.8 Å². The monoisotopic (exact) mass is 418 g/mol. The van der Waals surface area contributed by atoms with Crippen molar-refractivity contribution in [3.8, 4) is 0 Å². The number of benzene rings is 1. The highest BCUT2D eigenvalue weighted by molar-refractivity contribution is 7.89. The molecule has 1 amide bonds. The minimum Gasteiger partial charge on any atom is -0.326 e. The van der Waals surface area contributed by atoms with Gasteiger partial charge in [0.05, 0.1) is 17.9 Å². The number of Topliss-reactive ketones (excluding diaryl/α,β-unsaturated/α-hetero) is 1. The highest BCUT2D eigenvalue weighted by Gasteiger charge is 2.32. The number of aromatic nitrogens is 2. The van der Waals surface area contributed by atoms with Crippen LogP contribution >= 0.6 is 0 Å². The van der Waals surface area contributed by atoms with Crippen LogP contribution in [0.2, 0.25) is 0 Å². The Balaban J connectivity index is 1.69. The second-order valence-corrected chi connectivity index (χ2v) is 9.14. The summed E-state index contributed by atoms with van der Waals surface area (Å²) in [4.78, 5) is 24.0. The van der Waals surface area contributed by atoms with Gasteiger partial charge >= 0.3 is 0 Å². The van der Waals surface area contributed by atoms with Crippen LogP contribution in [-0.2, 0) is 21.4 Å². The number of hydrogen-bond donors (Lipinski definition) is 1. The zero-order chi connectivity index (χ0) is 21.2. The number of nitrogens with zero attached hydrogens (tertiary/aromatic N) is 3. The molecule has 0 aliphatic carbocycles. The highest BCUT2D eigenvalue weighted by Crippen LogP contribution is 2.26. The van der Waals surface area contributed by atoms with Gasteiger partial charge in [0.2, 0.25) is 15.9 Å². The Bertz CT molecular complexity index is 1040. The zero-order valence-corrected chi connectivity index (χ0v) is 17.8. The molecule has 0 bridgehead atoms. The summed E-state index contributed by atoms with van der Waals surface area (Å²) in [6.45, 7) is 6.21. The smallest absolute Gasteiger partial charge is 0.246 e. The number of amides is 1. The number of carbonyl (C=O) groups is 2. The molecule has 0 atom stereocenters. The highest BCUT2D eigenvalue weighted by atomic mass is 32.2. The summed E-state index contributed by atoms with van der Waals surface area (Å²) in [7, 11) is -3.56. The molecule has 0 saturated carbocycles. The number of nitrogens with one attached hydrogen (secondary N) is 1. The van der Waals surface area contributed by atoms with E-state index in [0.717, 1.165) is 12.8 Å². The van der Waals surface area contributed by atoms with Gasteiger partial charge in [-0.1, -0.05) is 12.1 Å². The van der Waals surface area contributed by atoms with E-state index < -0.39 is 10.0 Å². The molecule has 1 aliphatic rings. The molecule has 2 aromatic rings. The third-order valence-electron chi connectivity index (χ3n) is 5.08. The minimum atomic E-state index is -3.56. The lowest BCUT2D eigenvalue weighted by molar-refractivity contribution is -0.116. The van der Waals surface area contributed by atoms with Crippen LogP contribution in [0.1, 0.15) is 47.9 Å². The average molecular weight is 419 g/mol. The molecule has 8 nitrogen and oxygen atoms in total. The zero-order valence-electron chi connectivity index (χ0n) is 16.9. The number of aryl methyl sites for hydroxylation is 2. The number of rotatable bonds is 7. The maximum absolute atomic E-state index is 12.9. The van der Waals surface area contributed by atoms with Crippen molar-refractivity contribution in [2.45, 2.75) is 51.5 Å². The topological polar surface area (TPSA) is 101 Å². The first kappa shape index (κ1) is 21.2. The van der Waals surface area contributed by atoms with Crippen molar-refractivity contribution in [1.29, 1.82) is 0 Å². The van der Waals surface area contributed by atoms with Gasteiger partial charge in [0.1, 0.15) is 4.90 Å². The molecule has 1 aliphatic heterocycles. The van der Waals surface area contributed by atoms with Crippen molar-refractivity contribution >= 4 is 27.4 Å². The molecule has 1 aromatic heterocycles. The molecule has 1 N–H and O–H groups in total. The molecule has 0 radical (unpaired) electrons. The standard InChI is InChI=1S/C20H26N4O4S/c1-14-20(29(27,28)23-10-4-5-11-23)15(2)24(22-14)12-9-19(26)21-18-8-6-7-17(13-18)16(3)25/h6-8,13H,4-5,9-12H2,1-3H3,(H,21,26). The fourth-order valence-electron chi connectivity index (χ4n) is 3.58. The fourth-order valence-corrected chi connectivity index (χ4v) is 5.47. The Morgan fingerprint density at radius 1 is 1.17 bits per heavy atom. The van der Waals surface area contributed by atoms with E-state index in [4.69, 9.17) is 0 Å². The Labute approximate surface area is 170 Å². The molecule has 156 valence electrons. The largest absolute Gasteiger partial charge is 0.326 e. The van der Waals surface area contributed by atoms with Crippen molar-refractivity contribution in [3.05, 3.63) is 41.2 Å². The fraction of sp³-hybridized carbons (Fsp3) is 0.450. The number of anilines is 1. The molecule has 0 spiro atoms. The van der Waals surface area contributed by atoms with Gasteiger partial charge in [-0.25, -0.2) is 8.42 Å². The molecule has 9 heteroatoms. The first-order valence-electron chi connectivity index (χ1n) is 9.65. The number of carbonyl (C=O) groups excluding carboxylic acids is 2. The quantitative estimate of drug-likeness (QED) is 0.696. The van der Waals surface area contributed by atoms with Crippen LogP contribution in [0.3, 0.4) is 0 Å². The summed E-state index contributed by atoms with van der Waals surface area (Å²) >= 11 is 0. The summed E-state index contributed by atoms with van der Waals surface area (Å²) < 4.78 is 28.9. The van der Waals surface area contributed by atoms with Crippen molar-refractivity contribution < 1.29 is 18.0 Å². The molecule has 1 aromatic carbocycles. The molecule has 1 saturated heterocycles. The van der Waals surface area contributed by atoms with Gasteiger partial charge < -0.3 is 5.32 Å². The van der Waals surface area contributed by atoms with Crippen LogP contribution < -0.4 is 5.32 Å². The third kappa shape index (κ3) is 4.56. The lowest BCUT2D eigenvalue weighted by Crippen LogP contribution is -2.28. The van der Waals surface area contributed by atoms with Crippen molar-refractivity contribution in [3.63, 3.8) is 0 Å². The van der Waals surface area contributed by atoms with Crippen LogP contribution in [0.4, 0.5) is 5.69 Å². The molecule has 3 rings (SSSR count). The Hall–Kier alpha value is -2.52. The van der Waals surface area contributed by atoms with Crippen LogP contribution in [0.25, 0.3) is 0 Å². The summed E-state index contributed by atoms with van der Waals surface area (Å²) in [5.41, 5.74) is 2.07. The lowest BCUT2D eigenvalue weighted by atomic mass is 10.1. The Morgan fingerprint density at radius 3 is 2.52 bits per heavy atom. The Kier molecular flexibility index (Phi) is 6.18. The van der Waals surface area contributed by atoms with Crippen molar-refractivity contribution in [2.24, 2.45) is 0 Å². The third-order valence-corrected chi connectivity index (χ3v) is 7.23. The van der Waals surface area contributed by atoms with Gasteiger partial charge in [-0.2, -0.15) is 9.40 Å². The molecular formula is C20H26N4O4S. The normalized spacial score (nSPS) is 14.9. The maximum atomic E-state index is 12.9. The summed E-state index contributed by atoms with van der Waals surface area (Å²) in [5.74, 6) is -0.308. The predicted octanol–water partition coefficient (Wildman–Crippen LogP) is 2.52. The molecule has 29 heavy (non-hydrogen) atoms. The molecule has 0 unspecified atom stereocenters. The number of sulfonamides is 1. The van der Waals surface area contributed by atoms with Gasteiger partial charge in [-0.15, -0.1) is 0 Å². The van der Waals surface area contributed by atoms with Crippen molar-refractivity contribution in [2.75, 3.05) is 18.4 Å². The van der Waals surface area contributed by atoms with Gasteiger partial charge in [-0.05, 0) is 45.7 Å². The van der Waals surface area contributed by atoms with Gasteiger partial charge in [0.25, 0.3) is 0 Å². The summed E-state index contributed by atoms with van der Waals surface area (Å²) in [6, 6.07) is 6.75. The van der Waals surface area contributed by atoms with E-state index in [9.17, 15) is 18.0 Å². The van der Waals surface area contributed by atoms with Crippen LogP contribution in [0.15, 0.2) is 29.2 Å². The summed E-state index contributed by atoms with van der Waals surface area (Å²) in [5, 5.41) is 7.11. The maximum Gasteiger partial charge on any atom is 0.246 e. The Morgan fingerprint density at radius 2 is 1.86 bits per heavy atom. The van der Waals surface area contributed by atoms with E-state index in [1.165, 1.54) is 11.2 Å². The van der Waals surface area contributed by atoms with E-state index in [-0.39, 0.29) is 29.6 Å². The number of hydrogen-bond acceptors (Lipinski definition) is 5. The molecular weight excluding hydrogens is 392 g/mol. The SMILES string of the molecule is CC(=O)c1cccc(NC(=O)CCn2nc(C)c(S(=O)(=O)N3CCCC3)c2C)c1. The van der Waals surface area contributed by atoms with E-state index in [0.29, 0.717) is 35.7 Å². The number of ketones is 1. The summed E-state index contributed by atoms with van der Waals surface area (Å²) in [6.07, 6.45) is 1.88. The first-order chi connectivity index (χ1) is 13.7. The average Bonchev–Trinajstić information content (AvgIpc) is 3.29. The van der Waals surface area contributed by atoms with E-state index in [2.05, 4.69) is 10.4 Å². The molecule has 1 fully saturated rings. The second kappa shape index (κ2) is 8.46.